The average Bonchev–Trinajstić information content (AvgIpc) is 3.11. The van der Waals surface area contributed by atoms with E-state index in [1.807, 2.05) is 5.32 Å². The standard InChI is InChI=1S/C12H10F4N2O3/c13-6-1-2-8(7(5-6)9(19)20)17-10(21)18-11(3-4-11)12(14,15)16/h1-2,5H,3-4H2,(H,19,20)(H2,17,18,21). The van der Waals surface area contributed by atoms with Crippen LogP contribution in [0.3, 0.4) is 0 Å². The molecule has 1 saturated carbocycles. The second-order valence-electron chi connectivity index (χ2n) is 4.65. The monoisotopic (exact) mass is 306 g/mol. The molecular weight excluding hydrogens is 296 g/mol. The van der Waals surface area contributed by atoms with Gasteiger partial charge in [-0.25, -0.2) is 14.0 Å². The number of aromatic carboxylic acids is 1. The maximum absolute atomic E-state index is 12.9. The second kappa shape index (κ2) is 4.90. The number of hydrogen-bond acceptors (Lipinski definition) is 2. The SMILES string of the molecule is O=C(Nc1ccc(F)cc1C(=O)O)NC1(C(F)(F)F)CC1. The lowest BCUT2D eigenvalue weighted by Gasteiger charge is -2.21. The van der Waals surface area contributed by atoms with Crippen LogP contribution in [0.4, 0.5) is 28.0 Å². The van der Waals surface area contributed by atoms with E-state index < -0.39 is 35.1 Å². The Kier molecular flexibility index (Phi) is 3.52. The maximum Gasteiger partial charge on any atom is 0.411 e. The maximum atomic E-state index is 12.9. The molecule has 0 aliphatic heterocycles. The molecule has 21 heavy (non-hydrogen) atoms. The van der Waals surface area contributed by atoms with E-state index >= 15 is 0 Å². The highest BCUT2D eigenvalue weighted by Gasteiger charge is 2.64. The lowest BCUT2D eigenvalue weighted by molar-refractivity contribution is -0.162. The van der Waals surface area contributed by atoms with E-state index in [0.29, 0.717) is 6.07 Å². The summed E-state index contributed by atoms with van der Waals surface area (Å²) in [6.45, 7) is 0. The number of nitrogens with one attached hydrogen (secondary N) is 2. The van der Waals surface area contributed by atoms with Gasteiger partial charge >= 0.3 is 18.2 Å². The number of halogens is 4. The third-order valence-electron chi connectivity index (χ3n) is 3.11. The molecule has 2 amide bonds. The van der Waals surface area contributed by atoms with Crippen molar-refractivity contribution in [2.75, 3.05) is 5.32 Å². The molecule has 2 rings (SSSR count). The molecule has 0 spiro atoms. The van der Waals surface area contributed by atoms with Crippen molar-refractivity contribution < 1.29 is 32.3 Å². The predicted molar refractivity (Wildman–Crippen MR) is 63.5 cm³/mol. The summed E-state index contributed by atoms with van der Waals surface area (Å²) in [7, 11) is 0. The summed E-state index contributed by atoms with van der Waals surface area (Å²) in [4.78, 5) is 22.5. The fourth-order valence-electron chi connectivity index (χ4n) is 1.78. The van der Waals surface area contributed by atoms with Crippen LogP contribution < -0.4 is 10.6 Å². The molecule has 1 aliphatic carbocycles. The first-order valence-electron chi connectivity index (χ1n) is 5.83. The summed E-state index contributed by atoms with van der Waals surface area (Å²) in [5, 5.41) is 12.6. The number of amides is 2. The highest BCUT2D eigenvalue weighted by molar-refractivity contribution is 6.00. The van der Waals surface area contributed by atoms with Gasteiger partial charge in [0.25, 0.3) is 0 Å². The molecule has 9 heteroatoms. The normalized spacial score (nSPS) is 16.2. The van der Waals surface area contributed by atoms with Crippen LogP contribution in [0.5, 0.6) is 0 Å². The Labute approximate surface area is 115 Å². The number of carbonyl (C=O) groups excluding carboxylic acids is 1. The van der Waals surface area contributed by atoms with Crippen LogP contribution in [-0.2, 0) is 0 Å². The van der Waals surface area contributed by atoms with Crippen LogP contribution in [0.25, 0.3) is 0 Å². The van der Waals surface area contributed by atoms with E-state index in [9.17, 15) is 27.2 Å². The Hall–Kier alpha value is -2.32. The summed E-state index contributed by atoms with van der Waals surface area (Å²) < 4.78 is 50.9. The number of rotatable bonds is 3. The van der Waals surface area contributed by atoms with Gasteiger partial charge in [0.2, 0.25) is 0 Å². The average molecular weight is 306 g/mol. The summed E-state index contributed by atoms with van der Waals surface area (Å²) in [6, 6.07) is 1.32. The van der Waals surface area contributed by atoms with Crippen molar-refractivity contribution >= 4 is 17.7 Å². The Morgan fingerprint density at radius 1 is 1.24 bits per heavy atom. The minimum Gasteiger partial charge on any atom is -0.478 e. The van der Waals surface area contributed by atoms with Crippen LogP contribution in [-0.4, -0.2) is 28.8 Å². The quantitative estimate of drug-likeness (QED) is 0.751. The van der Waals surface area contributed by atoms with Crippen molar-refractivity contribution in [1.82, 2.24) is 5.32 Å². The van der Waals surface area contributed by atoms with E-state index in [-0.39, 0.29) is 18.5 Å². The first-order valence-corrected chi connectivity index (χ1v) is 5.83. The minimum atomic E-state index is -4.58. The fourth-order valence-corrected chi connectivity index (χ4v) is 1.78. The van der Waals surface area contributed by atoms with Crippen LogP contribution in [0.2, 0.25) is 0 Å². The molecule has 0 saturated heterocycles. The van der Waals surface area contributed by atoms with Gasteiger partial charge < -0.3 is 15.7 Å². The van der Waals surface area contributed by atoms with Gasteiger partial charge in [0.15, 0.2) is 0 Å². The van der Waals surface area contributed by atoms with Crippen LogP contribution in [0, 0.1) is 5.82 Å². The Bertz CT molecular complexity index is 597. The van der Waals surface area contributed by atoms with Crippen molar-refractivity contribution in [2.24, 2.45) is 0 Å². The van der Waals surface area contributed by atoms with Gasteiger partial charge in [-0.3, -0.25) is 0 Å². The number of hydrogen-bond donors (Lipinski definition) is 3. The minimum absolute atomic E-state index is 0.237. The fraction of sp³-hybridized carbons (Fsp3) is 0.333. The largest absolute Gasteiger partial charge is 0.478 e. The zero-order valence-electron chi connectivity index (χ0n) is 10.4. The molecule has 1 aliphatic rings. The molecule has 1 aromatic rings. The van der Waals surface area contributed by atoms with Gasteiger partial charge in [0.05, 0.1) is 11.3 Å². The van der Waals surface area contributed by atoms with Gasteiger partial charge in [-0.15, -0.1) is 0 Å². The van der Waals surface area contributed by atoms with Gasteiger partial charge in [0.1, 0.15) is 11.4 Å². The van der Waals surface area contributed by atoms with Gasteiger partial charge in [0, 0.05) is 0 Å². The Balaban J connectivity index is 2.13. The third-order valence-corrected chi connectivity index (χ3v) is 3.11. The van der Waals surface area contributed by atoms with Crippen molar-refractivity contribution in [3.05, 3.63) is 29.6 Å². The first-order chi connectivity index (χ1) is 9.64. The Morgan fingerprint density at radius 3 is 2.33 bits per heavy atom. The zero-order chi connectivity index (χ0) is 15.8. The van der Waals surface area contributed by atoms with Crippen LogP contribution in [0.1, 0.15) is 23.2 Å². The number of urea groups is 1. The number of anilines is 1. The number of carboxylic acid groups (broad SMARTS) is 1. The van der Waals surface area contributed by atoms with E-state index in [2.05, 4.69) is 0 Å². The molecule has 0 atom stereocenters. The smallest absolute Gasteiger partial charge is 0.411 e. The lowest BCUT2D eigenvalue weighted by Crippen LogP contribution is -2.49. The molecule has 0 radical (unpaired) electrons. The second-order valence-corrected chi connectivity index (χ2v) is 4.65. The molecular formula is C12H10F4N2O3. The molecule has 5 nitrogen and oxygen atoms in total. The molecule has 1 fully saturated rings. The number of carboxylic acids is 1. The molecule has 1 aromatic carbocycles. The van der Waals surface area contributed by atoms with Gasteiger partial charge in [-0.05, 0) is 31.0 Å². The van der Waals surface area contributed by atoms with Crippen LogP contribution >= 0.6 is 0 Å². The van der Waals surface area contributed by atoms with E-state index in [0.717, 1.165) is 12.1 Å². The number of benzene rings is 1. The summed E-state index contributed by atoms with van der Waals surface area (Å²) in [6.07, 6.45) is -5.05. The molecule has 0 heterocycles. The highest BCUT2D eigenvalue weighted by Crippen LogP contribution is 2.48. The predicted octanol–water partition coefficient (Wildman–Crippen LogP) is 2.74. The summed E-state index contributed by atoms with van der Waals surface area (Å²) in [5.74, 6) is -2.35. The van der Waals surface area contributed by atoms with Crippen molar-refractivity contribution in [2.45, 2.75) is 24.6 Å². The Morgan fingerprint density at radius 2 is 1.86 bits per heavy atom. The molecule has 114 valence electrons. The molecule has 0 unspecified atom stereocenters. The number of carbonyl (C=O) groups is 2. The van der Waals surface area contributed by atoms with Crippen molar-refractivity contribution in [1.29, 1.82) is 0 Å². The number of alkyl halides is 3. The molecule has 0 aromatic heterocycles. The topological polar surface area (TPSA) is 78.4 Å². The van der Waals surface area contributed by atoms with Gasteiger partial charge in [-0.2, -0.15) is 13.2 Å². The summed E-state index contributed by atoms with van der Waals surface area (Å²) in [5.41, 5.74) is -3.11. The van der Waals surface area contributed by atoms with E-state index in [4.69, 9.17) is 5.11 Å². The lowest BCUT2D eigenvalue weighted by atomic mass is 10.1. The van der Waals surface area contributed by atoms with E-state index in [1.54, 1.807) is 5.32 Å². The molecule has 0 bridgehead atoms. The third kappa shape index (κ3) is 3.06. The zero-order valence-corrected chi connectivity index (χ0v) is 10.4. The van der Waals surface area contributed by atoms with E-state index in [1.165, 1.54) is 0 Å². The van der Waals surface area contributed by atoms with Crippen molar-refractivity contribution in [3.8, 4) is 0 Å². The molecule has 3 N–H and O–H groups in total. The van der Waals surface area contributed by atoms with Crippen molar-refractivity contribution in [3.63, 3.8) is 0 Å². The first kappa shape index (κ1) is 15.1. The highest BCUT2D eigenvalue weighted by atomic mass is 19.4. The van der Waals surface area contributed by atoms with Gasteiger partial charge in [-0.1, -0.05) is 0 Å². The van der Waals surface area contributed by atoms with Crippen LogP contribution in [0.15, 0.2) is 18.2 Å². The summed E-state index contributed by atoms with van der Waals surface area (Å²) >= 11 is 0.